The molecule has 0 unspecified atom stereocenters. The van der Waals surface area contributed by atoms with Gasteiger partial charge in [0, 0.05) is 12.3 Å². The Kier molecular flexibility index (Phi) is 4.57. The summed E-state index contributed by atoms with van der Waals surface area (Å²) in [5, 5.41) is 9.79. The van der Waals surface area contributed by atoms with Gasteiger partial charge < -0.3 is 9.84 Å². The summed E-state index contributed by atoms with van der Waals surface area (Å²) in [6.07, 6.45) is 3.66. The lowest BCUT2D eigenvalue weighted by Crippen LogP contribution is -2.02. The van der Waals surface area contributed by atoms with Crippen molar-refractivity contribution >= 4 is 35.0 Å². The number of nitrogens with zero attached hydrogens (tertiary/aromatic N) is 1. The number of rotatable bonds is 4. The van der Waals surface area contributed by atoms with Gasteiger partial charge in [-0.25, -0.2) is 9.78 Å². The van der Waals surface area contributed by atoms with Crippen molar-refractivity contribution < 1.29 is 19.4 Å². The van der Waals surface area contributed by atoms with Crippen LogP contribution in [0.2, 0.25) is 0 Å². The molecule has 25 heavy (non-hydrogen) atoms. The van der Waals surface area contributed by atoms with Gasteiger partial charge in [0.15, 0.2) is 5.75 Å². The van der Waals surface area contributed by atoms with E-state index in [-0.39, 0.29) is 5.56 Å². The molecule has 0 saturated carbocycles. The molecule has 1 N–H and O–H groups in total. The molecule has 0 fully saturated rings. The molecule has 2 aromatic carbocycles. The molecule has 1 heterocycles. The second-order valence-electron chi connectivity index (χ2n) is 5.42. The number of carboxylic acids is 1. The molecule has 1 aromatic heterocycles. The second kappa shape index (κ2) is 6.97. The highest BCUT2D eigenvalue weighted by Gasteiger charge is 2.06. The topological polar surface area (TPSA) is 76.5 Å². The van der Waals surface area contributed by atoms with Gasteiger partial charge in [-0.05, 0) is 35.9 Å². The molecule has 5 nitrogen and oxygen atoms in total. The Balaban J connectivity index is 1.90. The minimum absolute atomic E-state index is 0.243. The van der Waals surface area contributed by atoms with Crippen LogP contribution >= 0.6 is 0 Å². The summed E-state index contributed by atoms with van der Waals surface area (Å²) in [7, 11) is 0. The van der Waals surface area contributed by atoms with Crippen LogP contribution in [0.5, 0.6) is 5.75 Å². The quantitative estimate of drug-likeness (QED) is 0.576. The van der Waals surface area contributed by atoms with Crippen molar-refractivity contribution in [1.29, 1.82) is 0 Å². The van der Waals surface area contributed by atoms with Gasteiger partial charge in [-0.1, -0.05) is 36.4 Å². The highest BCUT2D eigenvalue weighted by molar-refractivity contribution is 5.89. The van der Waals surface area contributed by atoms with E-state index in [1.165, 1.54) is 6.92 Å². The maximum Gasteiger partial charge on any atom is 0.335 e. The van der Waals surface area contributed by atoms with Crippen LogP contribution in [-0.2, 0) is 4.79 Å². The first-order valence-corrected chi connectivity index (χ1v) is 7.62. The Bertz CT molecular complexity index is 975. The Morgan fingerprint density at radius 1 is 1.00 bits per heavy atom. The normalized spacial score (nSPS) is 10.9. The minimum Gasteiger partial charge on any atom is -0.478 e. The number of carbonyl (C=O) groups is 2. The second-order valence-corrected chi connectivity index (χ2v) is 5.42. The Morgan fingerprint density at radius 3 is 2.44 bits per heavy atom. The van der Waals surface area contributed by atoms with E-state index in [9.17, 15) is 9.59 Å². The zero-order chi connectivity index (χ0) is 17.8. The van der Waals surface area contributed by atoms with Crippen molar-refractivity contribution in [2.75, 3.05) is 0 Å². The maximum absolute atomic E-state index is 11.2. The summed E-state index contributed by atoms with van der Waals surface area (Å²) >= 11 is 0. The van der Waals surface area contributed by atoms with Crippen LogP contribution in [0.15, 0.2) is 54.6 Å². The Morgan fingerprint density at radius 2 is 1.76 bits per heavy atom. The highest BCUT2D eigenvalue weighted by Crippen LogP contribution is 2.24. The first-order valence-electron chi connectivity index (χ1n) is 7.62. The fraction of sp³-hybridized carbons (Fsp3) is 0.0500. The number of aromatic nitrogens is 1. The predicted molar refractivity (Wildman–Crippen MR) is 95.4 cm³/mol. The van der Waals surface area contributed by atoms with Crippen LogP contribution in [0.3, 0.4) is 0 Å². The molecule has 0 saturated heterocycles. The van der Waals surface area contributed by atoms with E-state index in [4.69, 9.17) is 9.84 Å². The lowest BCUT2D eigenvalue weighted by atomic mass is 10.1. The Hall–Kier alpha value is -3.47. The van der Waals surface area contributed by atoms with Gasteiger partial charge in [-0.15, -0.1) is 0 Å². The average Bonchev–Trinajstić information content (AvgIpc) is 2.60. The van der Waals surface area contributed by atoms with Gasteiger partial charge in [0.25, 0.3) is 0 Å². The van der Waals surface area contributed by atoms with Crippen molar-refractivity contribution in [3.63, 3.8) is 0 Å². The summed E-state index contributed by atoms with van der Waals surface area (Å²) in [5.41, 5.74) is 2.42. The van der Waals surface area contributed by atoms with Crippen molar-refractivity contribution in [3.8, 4) is 5.75 Å². The molecule has 0 amide bonds. The first-order chi connectivity index (χ1) is 12.0. The number of pyridine rings is 1. The molecule has 0 bridgehead atoms. The number of para-hydroxylation sites is 1. The van der Waals surface area contributed by atoms with Gasteiger partial charge >= 0.3 is 11.9 Å². The van der Waals surface area contributed by atoms with E-state index in [1.807, 2.05) is 36.4 Å². The van der Waals surface area contributed by atoms with Crippen LogP contribution in [0.1, 0.15) is 28.5 Å². The molecule has 124 valence electrons. The molecule has 0 aliphatic heterocycles. The number of aromatic carboxylic acids is 1. The SMILES string of the molecule is CC(=O)Oc1cccc2ccc(C=Cc3ccc(C(=O)O)cc3)nc12. The van der Waals surface area contributed by atoms with E-state index in [2.05, 4.69) is 4.98 Å². The van der Waals surface area contributed by atoms with Crippen LogP contribution in [0, 0.1) is 0 Å². The minimum atomic E-state index is -0.954. The molecule has 3 rings (SSSR count). The monoisotopic (exact) mass is 333 g/mol. The van der Waals surface area contributed by atoms with E-state index in [0.717, 1.165) is 10.9 Å². The largest absolute Gasteiger partial charge is 0.478 e. The van der Waals surface area contributed by atoms with Gasteiger partial charge in [-0.3, -0.25) is 4.79 Å². The third-order valence-corrected chi connectivity index (χ3v) is 3.56. The number of ether oxygens (including phenoxy) is 1. The smallest absolute Gasteiger partial charge is 0.335 e. The van der Waals surface area contributed by atoms with Gasteiger partial charge in [0.2, 0.25) is 0 Å². The number of hydrogen-bond donors (Lipinski definition) is 1. The zero-order valence-electron chi connectivity index (χ0n) is 13.5. The number of carbonyl (C=O) groups excluding carboxylic acids is 1. The molecule has 0 atom stereocenters. The molecule has 0 aliphatic rings. The van der Waals surface area contributed by atoms with Crippen molar-refractivity contribution in [3.05, 3.63) is 71.4 Å². The lowest BCUT2D eigenvalue weighted by Gasteiger charge is -2.06. The van der Waals surface area contributed by atoms with Crippen molar-refractivity contribution in [2.24, 2.45) is 0 Å². The standard InChI is InChI=1S/C20H15NO4/c1-13(22)25-18-4-2-3-15-10-12-17(21-19(15)18)11-7-14-5-8-16(9-6-14)20(23)24/h2-12H,1H3,(H,23,24). The Labute approximate surface area is 144 Å². The number of carboxylic acid groups (broad SMARTS) is 1. The number of fused-ring (bicyclic) bond motifs is 1. The molecule has 0 radical (unpaired) electrons. The van der Waals surface area contributed by atoms with Crippen molar-refractivity contribution in [2.45, 2.75) is 6.92 Å². The van der Waals surface area contributed by atoms with Crippen LogP contribution in [-0.4, -0.2) is 22.0 Å². The summed E-state index contributed by atoms with van der Waals surface area (Å²) in [4.78, 5) is 26.6. The summed E-state index contributed by atoms with van der Waals surface area (Å²) in [5.74, 6) is -0.926. The van der Waals surface area contributed by atoms with Gasteiger partial charge in [-0.2, -0.15) is 0 Å². The van der Waals surface area contributed by atoms with Gasteiger partial charge in [0.05, 0.1) is 11.3 Å². The highest BCUT2D eigenvalue weighted by atomic mass is 16.5. The molecule has 3 aromatic rings. The van der Waals surface area contributed by atoms with E-state index in [0.29, 0.717) is 17.0 Å². The molecule has 5 heteroatoms. The van der Waals surface area contributed by atoms with Crippen molar-refractivity contribution in [1.82, 2.24) is 4.98 Å². The van der Waals surface area contributed by atoms with E-state index >= 15 is 0 Å². The van der Waals surface area contributed by atoms with E-state index < -0.39 is 11.9 Å². The number of hydrogen-bond acceptors (Lipinski definition) is 4. The van der Waals surface area contributed by atoms with Crippen LogP contribution < -0.4 is 4.74 Å². The van der Waals surface area contributed by atoms with Gasteiger partial charge in [0.1, 0.15) is 5.52 Å². The maximum atomic E-state index is 11.2. The zero-order valence-corrected chi connectivity index (χ0v) is 13.5. The third kappa shape index (κ3) is 3.90. The molecular formula is C20H15NO4. The molecule has 0 spiro atoms. The summed E-state index contributed by atoms with van der Waals surface area (Å²) < 4.78 is 5.20. The summed E-state index contributed by atoms with van der Waals surface area (Å²) in [6.45, 7) is 1.35. The lowest BCUT2D eigenvalue weighted by molar-refractivity contribution is -0.131. The number of esters is 1. The molecular weight excluding hydrogens is 318 g/mol. The molecule has 0 aliphatic carbocycles. The third-order valence-electron chi connectivity index (χ3n) is 3.56. The fourth-order valence-electron chi connectivity index (χ4n) is 2.38. The summed E-state index contributed by atoms with van der Waals surface area (Å²) in [6, 6.07) is 15.7. The van der Waals surface area contributed by atoms with Crippen LogP contribution in [0.4, 0.5) is 0 Å². The number of benzene rings is 2. The first kappa shape index (κ1) is 16.4. The fourth-order valence-corrected chi connectivity index (χ4v) is 2.38. The predicted octanol–water partition coefficient (Wildman–Crippen LogP) is 4.03. The van der Waals surface area contributed by atoms with E-state index in [1.54, 1.807) is 30.3 Å². The van der Waals surface area contributed by atoms with Crippen LogP contribution in [0.25, 0.3) is 23.1 Å². The average molecular weight is 333 g/mol.